The van der Waals surface area contributed by atoms with Gasteiger partial charge in [-0.1, -0.05) is 23.8 Å². The van der Waals surface area contributed by atoms with E-state index in [0.717, 1.165) is 5.56 Å². The molecule has 0 aromatic heterocycles. The molecule has 0 spiro atoms. The van der Waals surface area contributed by atoms with E-state index in [2.05, 4.69) is 0 Å². The molecule has 0 atom stereocenters. The Balaban J connectivity index is 3.02. The fourth-order valence-corrected chi connectivity index (χ4v) is 1.42. The first-order valence-corrected chi connectivity index (χ1v) is 4.51. The van der Waals surface area contributed by atoms with Crippen LogP contribution in [-0.2, 0) is 22.4 Å². The Bertz CT molecular complexity index is 396. The van der Waals surface area contributed by atoms with E-state index in [1.54, 1.807) is 18.2 Å². The van der Waals surface area contributed by atoms with Gasteiger partial charge in [0, 0.05) is 0 Å². The second kappa shape index (κ2) is 4.59. The molecule has 0 saturated carbocycles. The number of carboxylic acids is 2. The van der Waals surface area contributed by atoms with Crippen LogP contribution in [-0.4, -0.2) is 22.2 Å². The molecule has 0 saturated heterocycles. The average molecular weight is 208 g/mol. The van der Waals surface area contributed by atoms with E-state index < -0.39 is 11.9 Å². The Morgan fingerprint density at radius 1 is 1.07 bits per heavy atom. The summed E-state index contributed by atoms with van der Waals surface area (Å²) in [7, 11) is 0. The zero-order valence-corrected chi connectivity index (χ0v) is 8.36. The first-order chi connectivity index (χ1) is 6.99. The normalized spacial score (nSPS) is 9.93. The smallest absolute Gasteiger partial charge is 0.307 e. The maximum absolute atomic E-state index is 10.6. The van der Waals surface area contributed by atoms with Gasteiger partial charge in [-0.2, -0.15) is 0 Å². The predicted octanol–water partition coefficient (Wildman–Crippen LogP) is 1.25. The first-order valence-electron chi connectivity index (χ1n) is 4.51. The fourth-order valence-electron chi connectivity index (χ4n) is 1.42. The van der Waals surface area contributed by atoms with E-state index in [4.69, 9.17) is 10.2 Å². The molecule has 1 aromatic carbocycles. The summed E-state index contributed by atoms with van der Waals surface area (Å²) in [5.74, 6) is -1.90. The van der Waals surface area contributed by atoms with E-state index in [1.807, 2.05) is 6.92 Å². The van der Waals surface area contributed by atoms with Gasteiger partial charge in [-0.25, -0.2) is 0 Å². The summed E-state index contributed by atoms with van der Waals surface area (Å²) in [6.07, 6.45) is -0.271. The molecule has 0 bridgehead atoms. The van der Waals surface area contributed by atoms with Crippen LogP contribution in [0.1, 0.15) is 16.7 Å². The highest BCUT2D eigenvalue weighted by molar-refractivity contribution is 5.74. The Morgan fingerprint density at radius 3 is 2.13 bits per heavy atom. The molecule has 2 N–H and O–H groups in total. The second-order valence-electron chi connectivity index (χ2n) is 3.41. The first kappa shape index (κ1) is 11.2. The van der Waals surface area contributed by atoms with E-state index in [9.17, 15) is 9.59 Å². The number of benzene rings is 1. The number of aliphatic carboxylic acids is 2. The number of carbonyl (C=O) groups is 2. The van der Waals surface area contributed by atoms with Crippen LogP contribution in [0.25, 0.3) is 0 Å². The lowest BCUT2D eigenvalue weighted by Crippen LogP contribution is -2.08. The minimum atomic E-state index is -0.953. The van der Waals surface area contributed by atoms with Crippen molar-refractivity contribution in [2.45, 2.75) is 19.8 Å². The number of aryl methyl sites for hydroxylation is 1. The van der Waals surface area contributed by atoms with Crippen LogP contribution in [0.4, 0.5) is 0 Å². The maximum Gasteiger partial charge on any atom is 0.307 e. The van der Waals surface area contributed by atoms with Gasteiger partial charge in [0.15, 0.2) is 0 Å². The van der Waals surface area contributed by atoms with Crippen molar-refractivity contribution in [1.82, 2.24) is 0 Å². The number of hydrogen-bond donors (Lipinski definition) is 2. The van der Waals surface area contributed by atoms with Gasteiger partial charge in [-0.05, 0) is 18.1 Å². The topological polar surface area (TPSA) is 74.6 Å². The largest absolute Gasteiger partial charge is 0.481 e. The van der Waals surface area contributed by atoms with Gasteiger partial charge in [0.1, 0.15) is 0 Å². The molecule has 0 amide bonds. The summed E-state index contributed by atoms with van der Waals surface area (Å²) in [6.45, 7) is 1.84. The third kappa shape index (κ3) is 3.42. The third-order valence-corrected chi connectivity index (χ3v) is 2.05. The van der Waals surface area contributed by atoms with Crippen LogP contribution < -0.4 is 0 Å². The van der Waals surface area contributed by atoms with Crippen molar-refractivity contribution in [3.63, 3.8) is 0 Å². The monoisotopic (exact) mass is 208 g/mol. The molecule has 1 rings (SSSR count). The molecule has 1 aromatic rings. The van der Waals surface area contributed by atoms with Crippen molar-refractivity contribution < 1.29 is 19.8 Å². The van der Waals surface area contributed by atoms with Gasteiger partial charge in [0.2, 0.25) is 0 Å². The van der Waals surface area contributed by atoms with E-state index in [0.29, 0.717) is 11.1 Å². The molecule has 0 aliphatic heterocycles. The molecule has 4 heteroatoms. The van der Waals surface area contributed by atoms with Crippen LogP contribution in [0, 0.1) is 6.92 Å². The lowest BCUT2D eigenvalue weighted by molar-refractivity contribution is -0.137. The lowest BCUT2D eigenvalue weighted by Gasteiger charge is -2.06. The van der Waals surface area contributed by atoms with E-state index in [1.165, 1.54) is 0 Å². The molecular weight excluding hydrogens is 196 g/mol. The lowest BCUT2D eigenvalue weighted by atomic mass is 9.99. The summed E-state index contributed by atoms with van der Waals surface area (Å²) < 4.78 is 0. The summed E-state index contributed by atoms with van der Waals surface area (Å²) in [6, 6.07) is 5.16. The molecular formula is C11H12O4. The van der Waals surface area contributed by atoms with Crippen molar-refractivity contribution >= 4 is 11.9 Å². The van der Waals surface area contributed by atoms with E-state index >= 15 is 0 Å². The molecule has 15 heavy (non-hydrogen) atoms. The predicted molar refractivity (Wildman–Crippen MR) is 53.9 cm³/mol. The van der Waals surface area contributed by atoms with Crippen LogP contribution in [0.5, 0.6) is 0 Å². The Hall–Kier alpha value is -1.84. The minimum absolute atomic E-state index is 0.135. The molecule has 80 valence electrons. The number of rotatable bonds is 4. The maximum atomic E-state index is 10.6. The highest BCUT2D eigenvalue weighted by Gasteiger charge is 2.09. The van der Waals surface area contributed by atoms with Gasteiger partial charge in [0.05, 0.1) is 12.8 Å². The average Bonchev–Trinajstić information content (AvgIpc) is 2.08. The van der Waals surface area contributed by atoms with Crippen LogP contribution in [0.15, 0.2) is 18.2 Å². The van der Waals surface area contributed by atoms with Gasteiger partial charge in [-0.15, -0.1) is 0 Å². The van der Waals surface area contributed by atoms with Crippen molar-refractivity contribution in [2.75, 3.05) is 0 Å². The Labute approximate surface area is 87.2 Å². The highest BCUT2D eigenvalue weighted by atomic mass is 16.4. The van der Waals surface area contributed by atoms with E-state index in [-0.39, 0.29) is 12.8 Å². The number of carboxylic acid groups (broad SMARTS) is 2. The van der Waals surface area contributed by atoms with Crippen molar-refractivity contribution in [2.24, 2.45) is 0 Å². The summed E-state index contributed by atoms with van der Waals surface area (Å²) in [5.41, 5.74) is 2.07. The Morgan fingerprint density at radius 2 is 1.60 bits per heavy atom. The molecule has 0 heterocycles. The zero-order valence-electron chi connectivity index (χ0n) is 8.36. The van der Waals surface area contributed by atoms with Crippen molar-refractivity contribution in [3.05, 3.63) is 34.9 Å². The second-order valence-corrected chi connectivity index (χ2v) is 3.41. The molecule has 4 nitrogen and oxygen atoms in total. The van der Waals surface area contributed by atoms with Crippen LogP contribution in [0.3, 0.4) is 0 Å². The standard InChI is InChI=1S/C11H12O4/c1-7-2-3-8(5-10(12)13)9(4-7)6-11(14)15/h2-4H,5-6H2,1H3,(H,12,13)(H,14,15). The van der Waals surface area contributed by atoms with Gasteiger partial charge in [0.25, 0.3) is 0 Å². The van der Waals surface area contributed by atoms with Crippen molar-refractivity contribution in [3.8, 4) is 0 Å². The molecule has 0 radical (unpaired) electrons. The highest BCUT2D eigenvalue weighted by Crippen LogP contribution is 2.13. The SMILES string of the molecule is Cc1ccc(CC(=O)O)c(CC(=O)O)c1. The summed E-state index contributed by atoms with van der Waals surface area (Å²) in [5, 5.41) is 17.3. The molecule has 0 aliphatic carbocycles. The fraction of sp³-hybridized carbons (Fsp3) is 0.273. The third-order valence-electron chi connectivity index (χ3n) is 2.05. The molecule has 0 fully saturated rings. The summed E-state index contributed by atoms with van der Waals surface area (Å²) in [4.78, 5) is 21.1. The van der Waals surface area contributed by atoms with Crippen molar-refractivity contribution in [1.29, 1.82) is 0 Å². The van der Waals surface area contributed by atoms with Gasteiger partial charge >= 0.3 is 11.9 Å². The number of hydrogen-bond acceptors (Lipinski definition) is 2. The minimum Gasteiger partial charge on any atom is -0.481 e. The molecule has 0 unspecified atom stereocenters. The van der Waals surface area contributed by atoms with Gasteiger partial charge in [-0.3, -0.25) is 9.59 Å². The van der Waals surface area contributed by atoms with Crippen LogP contribution >= 0.6 is 0 Å². The van der Waals surface area contributed by atoms with Gasteiger partial charge < -0.3 is 10.2 Å². The van der Waals surface area contributed by atoms with Crippen LogP contribution in [0.2, 0.25) is 0 Å². The quantitative estimate of drug-likeness (QED) is 0.780. The Kier molecular flexibility index (Phi) is 3.44. The zero-order chi connectivity index (χ0) is 11.4. The molecule has 0 aliphatic rings. The summed E-state index contributed by atoms with van der Waals surface area (Å²) >= 11 is 0.